The van der Waals surface area contributed by atoms with Crippen LogP contribution in [-0.2, 0) is 4.74 Å². The number of fused-ring (bicyclic) bond motifs is 3. The van der Waals surface area contributed by atoms with E-state index >= 15 is 0 Å². The number of rotatable bonds is 3. The molecule has 4 saturated carbocycles. The first-order valence-corrected chi connectivity index (χ1v) is 12.0. The molecule has 1 aromatic rings. The molecule has 154 valence electrons. The second kappa shape index (κ2) is 6.86. The van der Waals surface area contributed by atoms with E-state index in [4.69, 9.17) is 4.74 Å². The minimum atomic E-state index is -0.244. The van der Waals surface area contributed by atoms with Gasteiger partial charge in [-0.15, -0.1) is 0 Å². The van der Waals surface area contributed by atoms with Gasteiger partial charge >= 0.3 is 0 Å². The number of ether oxygens (including phenoxy) is 1. The second-order valence-corrected chi connectivity index (χ2v) is 11.0. The van der Waals surface area contributed by atoms with Crippen molar-refractivity contribution >= 4 is 0 Å². The number of benzene rings is 1. The van der Waals surface area contributed by atoms with Crippen LogP contribution in [0.1, 0.15) is 62.8 Å². The van der Waals surface area contributed by atoms with Crippen molar-refractivity contribution in [1.29, 1.82) is 0 Å². The standard InChI is InChI=1S/C27H35NO/c1-29-27(19-28-11-8-24(27)9-12-28)10-7-25(23-5-3-2-4-6-23)26-16-20-13-21(17-26)15-22(14-20)18-26/h2-6,20-22,24-25H,8-9,11-19H2,1H3/t20?,21?,22?,25?,26?,27-/m1/s1. The van der Waals surface area contributed by atoms with Gasteiger partial charge in [0.05, 0.1) is 5.92 Å². The van der Waals surface area contributed by atoms with Crippen LogP contribution in [0, 0.1) is 40.9 Å². The monoisotopic (exact) mass is 389 g/mol. The molecule has 1 unspecified atom stereocenters. The Morgan fingerprint density at radius 3 is 2.10 bits per heavy atom. The Balaban J connectivity index is 1.40. The van der Waals surface area contributed by atoms with Gasteiger partial charge in [0.1, 0.15) is 5.60 Å². The van der Waals surface area contributed by atoms with E-state index in [1.165, 1.54) is 70.0 Å². The maximum atomic E-state index is 6.20. The molecule has 0 N–H and O–H groups in total. The minimum absolute atomic E-state index is 0.244. The molecule has 1 aromatic carbocycles. The molecular weight excluding hydrogens is 354 g/mol. The summed E-state index contributed by atoms with van der Waals surface area (Å²) in [4.78, 5) is 2.57. The van der Waals surface area contributed by atoms with Crippen molar-refractivity contribution in [2.45, 2.75) is 62.9 Å². The van der Waals surface area contributed by atoms with E-state index in [1.54, 1.807) is 0 Å². The summed E-state index contributed by atoms with van der Waals surface area (Å²) in [5.41, 5.74) is 1.62. The van der Waals surface area contributed by atoms with Crippen LogP contribution < -0.4 is 0 Å². The lowest BCUT2D eigenvalue weighted by Crippen LogP contribution is -2.59. The maximum absolute atomic E-state index is 6.20. The number of hydrogen-bond acceptors (Lipinski definition) is 2. The average Bonchev–Trinajstić information content (AvgIpc) is 2.74. The Bertz CT molecular complexity index is 777. The van der Waals surface area contributed by atoms with Gasteiger partial charge in [0.15, 0.2) is 0 Å². The SMILES string of the molecule is CO[C@]1(C#CC(c2ccccc2)C23CC4CC(CC(C4)C2)C3)CN2CCC1CC2. The van der Waals surface area contributed by atoms with Crippen molar-refractivity contribution in [3.8, 4) is 11.8 Å². The third kappa shape index (κ3) is 3.00. The molecule has 8 rings (SSSR count). The summed E-state index contributed by atoms with van der Waals surface area (Å²) < 4.78 is 6.20. The van der Waals surface area contributed by atoms with Gasteiger partial charge in [0, 0.05) is 19.6 Å². The Morgan fingerprint density at radius 1 is 0.966 bits per heavy atom. The molecule has 0 radical (unpaired) electrons. The summed E-state index contributed by atoms with van der Waals surface area (Å²) in [6, 6.07) is 11.3. The van der Waals surface area contributed by atoms with Crippen LogP contribution in [0.5, 0.6) is 0 Å². The normalized spacial score (nSPS) is 45.6. The lowest BCUT2D eigenvalue weighted by molar-refractivity contribution is -0.0965. The molecule has 2 heteroatoms. The van der Waals surface area contributed by atoms with Crippen LogP contribution in [0.2, 0.25) is 0 Å². The quantitative estimate of drug-likeness (QED) is 0.667. The summed E-state index contributed by atoms with van der Waals surface area (Å²) in [5.74, 6) is 11.6. The van der Waals surface area contributed by atoms with Gasteiger partial charge in [-0.05, 0) is 93.2 Å². The number of methoxy groups -OCH3 is 1. The van der Waals surface area contributed by atoms with E-state index in [9.17, 15) is 0 Å². The van der Waals surface area contributed by atoms with Crippen LogP contribution in [0.4, 0.5) is 0 Å². The molecule has 3 heterocycles. The topological polar surface area (TPSA) is 12.5 Å². The molecule has 7 fully saturated rings. The van der Waals surface area contributed by atoms with Gasteiger partial charge in [0.25, 0.3) is 0 Å². The molecule has 2 atom stereocenters. The van der Waals surface area contributed by atoms with Gasteiger partial charge in [-0.1, -0.05) is 42.2 Å². The van der Waals surface area contributed by atoms with Gasteiger partial charge < -0.3 is 4.74 Å². The zero-order chi connectivity index (χ0) is 19.5. The number of nitrogens with zero attached hydrogens (tertiary/aromatic N) is 1. The van der Waals surface area contributed by atoms with Crippen molar-refractivity contribution in [1.82, 2.24) is 4.90 Å². The van der Waals surface area contributed by atoms with Crippen LogP contribution in [0.15, 0.2) is 30.3 Å². The fraction of sp³-hybridized carbons (Fsp3) is 0.704. The van der Waals surface area contributed by atoms with Gasteiger partial charge in [-0.2, -0.15) is 0 Å². The molecule has 7 aliphatic rings. The Morgan fingerprint density at radius 2 is 1.59 bits per heavy atom. The van der Waals surface area contributed by atoms with Crippen LogP contribution in [0.3, 0.4) is 0 Å². The summed E-state index contributed by atoms with van der Waals surface area (Å²) in [6.07, 6.45) is 11.2. The first-order chi connectivity index (χ1) is 14.2. The summed E-state index contributed by atoms with van der Waals surface area (Å²) in [7, 11) is 1.90. The van der Waals surface area contributed by atoms with Gasteiger partial charge in [0.2, 0.25) is 0 Å². The van der Waals surface area contributed by atoms with Gasteiger partial charge in [-0.3, -0.25) is 4.90 Å². The van der Waals surface area contributed by atoms with E-state index < -0.39 is 0 Å². The highest BCUT2D eigenvalue weighted by Crippen LogP contribution is 2.64. The van der Waals surface area contributed by atoms with Crippen LogP contribution >= 0.6 is 0 Å². The fourth-order valence-corrected chi connectivity index (χ4v) is 8.40. The largest absolute Gasteiger partial charge is 0.364 e. The Kier molecular flexibility index (Phi) is 4.37. The molecule has 3 aliphatic heterocycles. The lowest BCUT2D eigenvalue weighted by Gasteiger charge is -2.59. The number of piperidine rings is 3. The van der Waals surface area contributed by atoms with Crippen LogP contribution in [0.25, 0.3) is 0 Å². The third-order valence-electron chi connectivity index (χ3n) is 9.33. The highest BCUT2D eigenvalue weighted by atomic mass is 16.5. The van der Waals surface area contributed by atoms with Crippen LogP contribution in [-0.4, -0.2) is 37.2 Å². The molecule has 6 bridgehead atoms. The molecule has 0 aromatic heterocycles. The summed E-state index contributed by atoms with van der Waals surface area (Å²) >= 11 is 0. The molecule has 3 saturated heterocycles. The van der Waals surface area contributed by atoms with E-state index in [0.29, 0.717) is 17.3 Å². The van der Waals surface area contributed by atoms with E-state index in [0.717, 1.165) is 24.3 Å². The Hall–Kier alpha value is -1.30. The molecule has 0 amide bonds. The fourth-order valence-electron chi connectivity index (χ4n) is 8.40. The first-order valence-electron chi connectivity index (χ1n) is 12.0. The summed E-state index contributed by atoms with van der Waals surface area (Å²) in [5, 5.41) is 0. The molecular formula is C27H35NO. The van der Waals surface area contributed by atoms with Crippen molar-refractivity contribution in [2.24, 2.45) is 29.1 Å². The van der Waals surface area contributed by atoms with Crippen molar-refractivity contribution in [3.05, 3.63) is 35.9 Å². The lowest BCUT2D eigenvalue weighted by atomic mass is 9.46. The predicted molar refractivity (Wildman–Crippen MR) is 116 cm³/mol. The smallest absolute Gasteiger partial charge is 0.143 e. The highest BCUT2D eigenvalue weighted by molar-refractivity contribution is 5.35. The van der Waals surface area contributed by atoms with E-state index in [-0.39, 0.29) is 5.60 Å². The third-order valence-corrected chi connectivity index (χ3v) is 9.33. The maximum Gasteiger partial charge on any atom is 0.143 e. The van der Waals surface area contributed by atoms with Crippen molar-refractivity contribution in [3.63, 3.8) is 0 Å². The molecule has 2 nitrogen and oxygen atoms in total. The number of hydrogen-bond donors (Lipinski definition) is 0. The van der Waals surface area contributed by atoms with Crippen molar-refractivity contribution < 1.29 is 4.74 Å². The summed E-state index contributed by atoms with van der Waals surface area (Å²) in [6.45, 7) is 3.46. The molecule has 29 heavy (non-hydrogen) atoms. The van der Waals surface area contributed by atoms with E-state index in [2.05, 4.69) is 47.1 Å². The average molecular weight is 390 g/mol. The molecule has 0 spiro atoms. The zero-order valence-electron chi connectivity index (χ0n) is 17.9. The second-order valence-electron chi connectivity index (χ2n) is 11.0. The van der Waals surface area contributed by atoms with Gasteiger partial charge in [-0.25, -0.2) is 0 Å². The highest BCUT2D eigenvalue weighted by Gasteiger charge is 2.54. The van der Waals surface area contributed by atoms with Crippen molar-refractivity contribution in [2.75, 3.05) is 26.7 Å². The molecule has 4 aliphatic carbocycles. The van der Waals surface area contributed by atoms with E-state index in [1.807, 2.05) is 7.11 Å². The Labute approximate surface area is 176 Å². The first kappa shape index (κ1) is 18.5. The predicted octanol–water partition coefficient (Wildman–Crippen LogP) is 5.10. The zero-order valence-corrected chi connectivity index (χ0v) is 17.9. The minimum Gasteiger partial charge on any atom is -0.364 e.